The Balaban J connectivity index is 1.95. The molecule has 0 aromatic heterocycles. The van der Waals surface area contributed by atoms with Crippen molar-refractivity contribution >= 4 is 6.09 Å². The molecule has 1 rings (SSSR count). The molecule has 0 saturated heterocycles. The van der Waals surface area contributed by atoms with E-state index in [1.54, 1.807) is 7.05 Å². The predicted octanol–water partition coefficient (Wildman–Crippen LogP) is 1.30. The third-order valence-electron chi connectivity index (χ3n) is 3.07. The highest BCUT2D eigenvalue weighted by atomic mass is 16.6. The second-order valence-corrected chi connectivity index (χ2v) is 5.02. The molecule has 7 nitrogen and oxygen atoms in total. The van der Waals surface area contributed by atoms with Gasteiger partial charge < -0.3 is 29.0 Å². The summed E-state index contributed by atoms with van der Waals surface area (Å²) in [6, 6.07) is 9.54. The molecule has 1 aromatic carbocycles. The molecule has 0 saturated carbocycles. The maximum Gasteiger partial charge on any atom is 0.409 e. The highest BCUT2D eigenvalue weighted by Crippen LogP contribution is 2.02. The van der Waals surface area contributed by atoms with E-state index in [1.165, 1.54) is 4.90 Å². The van der Waals surface area contributed by atoms with Crippen LogP contribution >= 0.6 is 0 Å². The minimum absolute atomic E-state index is 0.0183. The van der Waals surface area contributed by atoms with Crippen LogP contribution in [0.15, 0.2) is 30.3 Å². The van der Waals surface area contributed by atoms with Crippen LogP contribution in [0.2, 0.25) is 0 Å². The number of hydrogen-bond acceptors (Lipinski definition) is 6. The molecule has 0 bridgehead atoms. The number of aliphatic hydroxyl groups excluding tert-OH is 1. The Bertz CT molecular complexity index is 428. The van der Waals surface area contributed by atoms with E-state index in [0.29, 0.717) is 46.2 Å². The van der Waals surface area contributed by atoms with Crippen molar-refractivity contribution in [2.75, 3.05) is 59.8 Å². The Morgan fingerprint density at radius 2 is 1.54 bits per heavy atom. The fourth-order valence-corrected chi connectivity index (χ4v) is 1.73. The molecule has 0 atom stereocenters. The summed E-state index contributed by atoms with van der Waals surface area (Å²) in [7, 11) is 1.67. The molecule has 0 aliphatic heterocycles. The number of benzene rings is 1. The van der Waals surface area contributed by atoms with Crippen LogP contribution in [0.4, 0.5) is 4.79 Å². The zero-order valence-electron chi connectivity index (χ0n) is 14.2. The molecule has 0 spiro atoms. The molecule has 136 valence electrons. The first kappa shape index (κ1) is 20.4. The smallest absolute Gasteiger partial charge is 0.409 e. The molecule has 0 unspecified atom stereocenters. The van der Waals surface area contributed by atoms with Crippen LogP contribution in [-0.2, 0) is 25.6 Å². The van der Waals surface area contributed by atoms with Crippen molar-refractivity contribution < 1.29 is 28.8 Å². The van der Waals surface area contributed by atoms with Crippen LogP contribution in [0, 0.1) is 0 Å². The summed E-state index contributed by atoms with van der Waals surface area (Å²) in [5.41, 5.74) is 0.954. The van der Waals surface area contributed by atoms with Gasteiger partial charge in [0.25, 0.3) is 0 Å². The quantitative estimate of drug-likeness (QED) is 0.545. The van der Waals surface area contributed by atoms with Gasteiger partial charge in [-0.15, -0.1) is 0 Å². The topological polar surface area (TPSA) is 77.5 Å². The number of amides is 1. The number of rotatable bonds is 13. The minimum Gasteiger partial charge on any atom is -0.445 e. The molecule has 7 heteroatoms. The molecule has 0 aliphatic carbocycles. The molecule has 24 heavy (non-hydrogen) atoms. The van der Waals surface area contributed by atoms with Crippen LogP contribution in [0.1, 0.15) is 5.56 Å². The average Bonchev–Trinajstić information content (AvgIpc) is 2.62. The number of nitrogens with zero attached hydrogens (tertiary/aromatic N) is 1. The van der Waals surface area contributed by atoms with Crippen molar-refractivity contribution in [1.29, 1.82) is 0 Å². The van der Waals surface area contributed by atoms with E-state index in [1.807, 2.05) is 30.3 Å². The van der Waals surface area contributed by atoms with Gasteiger partial charge in [0.05, 0.1) is 46.2 Å². The summed E-state index contributed by atoms with van der Waals surface area (Å²) in [5.74, 6) is 0. The molecule has 0 fully saturated rings. The fourth-order valence-electron chi connectivity index (χ4n) is 1.73. The van der Waals surface area contributed by atoms with Crippen LogP contribution in [0.5, 0.6) is 0 Å². The number of carbonyl (C=O) groups excluding carboxylic acids is 1. The third kappa shape index (κ3) is 10.2. The van der Waals surface area contributed by atoms with E-state index < -0.39 is 0 Å². The standard InChI is InChI=1S/C17H27NO6/c1-18(17(20)24-15-16-5-3-2-4-6-16)7-9-21-11-13-23-14-12-22-10-8-19/h2-6,19H,7-15H2,1H3. The molecule has 0 radical (unpaired) electrons. The molecular weight excluding hydrogens is 314 g/mol. The van der Waals surface area contributed by atoms with Crippen molar-refractivity contribution in [1.82, 2.24) is 4.90 Å². The number of likely N-dealkylation sites (N-methyl/N-ethyl adjacent to an activating group) is 1. The molecule has 1 amide bonds. The number of hydrogen-bond donors (Lipinski definition) is 1. The second kappa shape index (κ2) is 13.7. The van der Waals surface area contributed by atoms with Gasteiger partial charge >= 0.3 is 6.09 Å². The van der Waals surface area contributed by atoms with Crippen LogP contribution in [0.25, 0.3) is 0 Å². The second-order valence-electron chi connectivity index (χ2n) is 5.02. The Labute approximate surface area is 143 Å². The summed E-state index contributed by atoms with van der Waals surface area (Å²) in [6.07, 6.45) is -0.375. The summed E-state index contributed by atoms with van der Waals surface area (Å²) in [6.45, 7) is 3.31. The van der Waals surface area contributed by atoms with E-state index in [2.05, 4.69) is 0 Å². The SMILES string of the molecule is CN(CCOCCOCCOCCO)C(=O)OCc1ccccc1. The van der Waals surface area contributed by atoms with E-state index in [9.17, 15) is 4.79 Å². The van der Waals surface area contributed by atoms with Gasteiger partial charge in [-0.1, -0.05) is 30.3 Å². The van der Waals surface area contributed by atoms with Gasteiger partial charge in [-0.3, -0.25) is 0 Å². The van der Waals surface area contributed by atoms with Gasteiger partial charge in [0.15, 0.2) is 0 Å². The molecule has 0 heterocycles. The van der Waals surface area contributed by atoms with E-state index >= 15 is 0 Å². The predicted molar refractivity (Wildman–Crippen MR) is 88.8 cm³/mol. The lowest BCUT2D eigenvalue weighted by Crippen LogP contribution is -2.31. The third-order valence-corrected chi connectivity index (χ3v) is 3.07. The highest BCUT2D eigenvalue weighted by molar-refractivity contribution is 5.67. The van der Waals surface area contributed by atoms with Crippen molar-refractivity contribution in [3.8, 4) is 0 Å². The van der Waals surface area contributed by atoms with Gasteiger partial charge in [0.1, 0.15) is 6.61 Å². The Morgan fingerprint density at radius 1 is 0.958 bits per heavy atom. The maximum atomic E-state index is 11.8. The van der Waals surface area contributed by atoms with E-state index in [-0.39, 0.29) is 19.3 Å². The van der Waals surface area contributed by atoms with Crippen molar-refractivity contribution in [3.63, 3.8) is 0 Å². The summed E-state index contributed by atoms with van der Waals surface area (Å²) >= 11 is 0. The first-order chi connectivity index (χ1) is 11.7. The summed E-state index contributed by atoms with van der Waals surface area (Å²) in [4.78, 5) is 13.3. The van der Waals surface area contributed by atoms with Crippen LogP contribution < -0.4 is 0 Å². The molecule has 1 N–H and O–H groups in total. The molecule has 1 aromatic rings. The summed E-state index contributed by atoms with van der Waals surface area (Å²) < 4.78 is 20.9. The zero-order chi connectivity index (χ0) is 17.5. The summed E-state index contributed by atoms with van der Waals surface area (Å²) in [5, 5.41) is 8.52. The number of ether oxygens (including phenoxy) is 4. The maximum absolute atomic E-state index is 11.8. The molecule has 0 aliphatic rings. The lowest BCUT2D eigenvalue weighted by Gasteiger charge is -2.17. The molecular formula is C17H27NO6. The van der Waals surface area contributed by atoms with Crippen LogP contribution in [-0.4, -0.2) is 75.9 Å². The number of carbonyl (C=O) groups is 1. The van der Waals surface area contributed by atoms with Gasteiger partial charge in [-0.25, -0.2) is 4.79 Å². The first-order valence-corrected chi connectivity index (χ1v) is 8.00. The normalized spacial score (nSPS) is 10.6. The van der Waals surface area contributed by atoms with Gasteiger partial charge in [-0.05, 0) is 5.56 Å². The van der Waals surface area contributed by atoms with Crippen molar-refractivity contribution in [2.45, 2.75) is 6.61 Å². The number of aliphatic hydroxyl groups is 1. The monoisotopic (exact) mass is 341 g/mol. The van der Waals surface area contributed by atoms with Crippen molar-refractivity contribution in [2.24, 2.45) is 0 Å². The fraction of sp³-hybridized carbons (Fsp3) is 0.588. The highest BCUT2D eigenvalue weighted by Gasteiger charge is 2.09. The lowest BCUT2D eigenvalue weighted by molar-refractivity contribution is 0.00502. The van der Waals surface area contributed by atoms with Crippen molar-refractivity contribution in [3.05, 3.63) is 35.9 Å². The van der Waals surface area contributed by atoms with E-state index in [4.69, 9.17) is 24.1 Å². The Kier molecular flexibility index (Phi) is 11.7. The van der Waals surface area contributed by atoms with E-state index in [0.717, 1.165) is 5.56 Å². The zero-order valence-corrected chi connectivity index (χ0v) is 14.2. The Hall–Kier alpha value is -1.67. The van der Waals surface area contributed by atoms with Gasteiger partial charge in [-0.2, -0.15) is 0 Å². The minimum atomic E-state index is -0.375. The Morgan fingerprint density at radius 3 is 2.17 bits per heavy atom. The van der Waals surface area contributed by atoms with Crippen LogP contribution in [0.3, 0.4) is 0 Å². The van der Waals surface area contributed by atoms with Gasteiger partial charge in [0, 0.05) is 13.6 Å². The lowest BCUT2D eigenvalue weighted by atomic mass is 10.2. The largest absolute Gasteiger partial charge is 0.445 e. The first-order valence-electron chi connectivity index (χ1n) is 8.00. The average molecular weight is 341 g/mol. The van der Waals surface area contributed by atoms with Gasteiger partial charge in [0.2, 0.25) is 0 Å².